The van der Waals surface area contributed by atoms with Crippen LogP contribution in [0.1, 0.15) is 19.2 Å². The molecule has 0 fully saturated rings. The molecule has 0 atom stereocenters. The van der Waals surface area contributed by atoms with Crippen LogP contribution in [-0.4, -0.2) is 9.55 Å². The number of halogens is 2. The first-order valence-electron chi connectivity index (χ1n) is 5.81. The Labute approximate surface area is 114 Å². The lowest BCUT2D eigenvalue weighted by Gasteiger charge is -2.02. The summed E-state index contributed by atoms with van der Waals surface area (Å²) in [6.07, 6.45) is 1.86. The summed E-state index contributed by atoms with van der Waals surface area (Å²) in [5, 5.41) is 0. The van der Waals surface area contributed by atoms with Crippen molar-refractivity contribution in [2.45, 2.75) is 19.8 Å². The molecule has 0 bridgehead atoms. The molecule has 18 heavy (non-hydrogen) atoms. The molecule has 0 spiro atoms. The largest absolute Gasteiger partial charge is 0.383 e. The van der Waals surface area contributed by atoms with Gasteiger partial charge in [-0.15, -0.1) is 0 Å². The SMILES string of the molecule is CCCc1nc(-c2ccc(Br)c(F)c2)c(N)n1C. The summed E-state index contributed by atoms with van der Waals surface area (Å²) >= 11 is 3.13. The molecule has 5 heteroatoms. The topological polar surface area (TPSA) is 43.8 Å². The van der Waals surface area contributed by atoms with Gasteiger partial charge in [-0.2, -0.15) is 0 Å². The van der Waals surface area contributed by atoms with E-state index in [9.17, 15) is 4.39 Å². The van der Waals surface area contributed by atoms with E-state index >= 15 is 0 Å². The zero-order chi connectivity index (χ0) is 13.3. The Hall–Kier alpha value is -1.36. The number of anilines is 1. The Morgan fingerprint density at radius 2 is 2.17 bits per heavy atom. The smallest absolute Gasteiger partial charge is 0.138 e. The third-order valence-corrected chi connectivity index (χ3v) is 3.54. The number of aryl methyl sites for hydroxylation is 1. The fourth-order valence-corrected chi connectivity index (χ4v) is 2.11. The van der Waals surface area contributed by atoms with Gasteiger partial charge < -0.3 is 10.3 Å². The maximum atomic E-state index is 13.5. The number of imidazole rings is 1. The molecule has 0 saturated carbocycles. The molecule has 96 valence electrons. The predicted molar refractivity (Wildman–Crippen MR) is 74.7 cm³/mol. The first kappa shape index (κ1) is 13.1. The maximum absolute atomic E-state index is 13.5. The minimum Gasteiger partial charge on any atom is -0.383 e. The van der Waals surface area contributed by atoms with Gasteiger partial charge in [0, 0.05) is 19.0 Å². The number of nitrogens with two attached hydrogens (primary N) is 1. The van der Waals surface area contributed by atoms with Crippen LogP contribution in [0.2, 0.25) is 0 Å². The van der Waals surface area contributed by atoms with E-state index in [-0.39, 0.29) is 5.82 Å². The van der Waals surface area contributed by atoms with Gasteiger partial charge in [0.2, 0.25) is 0 Å². The second kappa shape index (κ2) is 5.10. The van der Waals surface area contributed by atoms with Crippen LogP contribution in [0.5, 0.6) is 0 Å². The van der Waals surface area contributed by atoms with Crippen LogP contribution in [0, 0.1) is 5.82 Å². The molecule has 0 unspecified atom stereocenters. The molecule has 0 saturated heterocycles. The number of nitrogen functional groups attached to an aromatic ring is 1. The molecule has 1 aromatic heterocycles. The van der Waals surface area contributed by atoms with Crippen molar-refractivity contribution in [3.8, 4) is 11.3 Å². The molecule has 0 amide bonds. The molecule has 2 N–H and O–H groups in total. The molecule has 0 radical (unpaired) electrons. The van der Waals surface area contributed by atoms with Crippen LogP contribution < -0.4 is 5.73 Å². The molecule has 3 nitrogen and oxygen atoms in total. The van der Waals surface area contributed by atoms with Gasteiger partial charge in [0.25, 0.3) is 0 Å². The summed E-state index contributed by atoms with van der Waals surface area (Å²) in [4.78, 5) is 4.50. The predicted octanol–water partition coefficient (Wildman–Crippen LogP) is 3.52. The number of hydrogen-bond donors (Lipinski definition) is 1. The minimum atomic E-state index is -0.311. The quantitative estimate of drug-likeness (QED) is 0.942. The van der Waals surface area contributed by atoms with Crippen molar-refractivity contribution in [3.05, 3.63) is 34.3 Å². The molecule has 0 aliphatic heterocycles. The lowest BCUT2D eigenvalue weighted by molar-refractivity contribution is 0.621. The van der Waals surface area contributed by atoms with Crippen LogP contribution in [0.4, 0.5) is 10.2 Å². The van der Waals surface area contributed by atoms with E-state index in [1.54, 1.807) is 6.07 Å². The number of aromatic nitrogens is 2. The number of rotatable bonds is 3. The average Bonchev–Trinajstić information content (AvgIpc) is 2.62. The summed E-state index contributed by atoms with van der Waals surface area (Å²) in [5.41, 5.74) is 7.37. The first-order valence-corrected chi connectivity index (χ1v) is 6.60. The first-order chi connectivity index (χ1) is 8.54. The van der Waals surface area contributed by atoms with Gasteiger partial charge in [-0.05, 0) is 34.5 Å². The maximum Gasteiger partial charge on any atom is 0.138 e. The highest BCUT2D eigenvalue weighted by atomic mass is 79.9. The van der Waals surface area contributed by atoms with Gasteiger partial charge in [-0.3, -0.25) is 0 Å². The Morgan fingerprint density at radius 1 is 1.44 bits per heavy atom. The van der Waals surface area contributed by atoms with E-state index < -0.39 is 0 Å². The van der Waals surface area contributed by atoms with Crippen molar-refractivity contribution in [3.63, 3.8) is 0 Å². The molecule has 2 rings (SSSR count). The van der Waals surface area contributed by atoms with Crippen LogP contribution in [-0.2, 0) is 13.5 Å². The zero-order valence-electron chi connectivity index (χ0n) is 10.4. The minimum absolute atomic E-state index is 0.311. The molecular formula is C13H15BrFN3. The Morgan fingerprint density at radius 3 is 2.78 bits per heavy atom. The van der Waals surface area contributed by atoms with Crippen LogP contribution in [0.15, 0.2) is 22.7 Å². The van der Waals surface area contributed by atoms with Crippen LogP contribution >= 0.6 is 15.9 Å². The van der Waals surface area contributed by atoms with E-state index in [1.807, 2.05) is 17.7 Å². The van der Waals surface area contributed by atoms with E-state index in [2.05, 4.69) is 27.8 Å². The van der Waals surface area contributed by atoms with E-state index in [4.69, 9.17) is 5.73 Å². The standard InChI is InChI=1S/C13H15BrFN3/c1-3-4-11-17-12(13(16)18(11)2)8-5-6-9(14)10(15)7-8/h5-7H,3-4,16H2,1-2H3. The van der Waals surface area contributed by atoms with E-state index in [0.29, 0.717) is 21.5 Å². The average molecular weight is 312 g/mol. The van der Waals surface area contributed by atoms with Crippen molar-refractivity contribution >= 4 is 21.7 Å². The van der Waals surface area contributed by atoms with Crippen molar-refractivity contribution < 1.29 is 4.39 Å². The van der Waals surface area contributed by atoms with Crippen LogP contribution in [0.3, 0.4) is 0 Å². The third kappa shape index (κ3) is 2.27. The summed E-state index contributed by atoms with van der Waals surface area (Å²) in [6.45, 7) is 2.09. The van der Waals surface area contributed by atoms with Gasteiger partial charge in [-0.25, -0.2) is 9.37 Å². The molecule has 1 heterocycles. The third-order valence-electron chi connectivity index (χ3n) is 2.90. The lowest BCUT2D eigenvalue weighted by Crippen LogP contribution is -2.01. The van der Waals surface area contributed by atoms with Crippen molar-refractivity contribution in [2.24, 2.45) is 7.05 Å². The van der Waals surface area contributed by atoms with Crippen LogP contribution in [0.25, 0.3) is 11.3 Å². The Kier molecular flexibility index (Phi) is 3.71. The van der Waals surface area contributed by atoms with Gasteiger partial charge in [0.1, 0.15) is 23.2 Å². The molecule has 1 aromatic carbocycles. The number of hydrogen-bond acceptors (Lipinski definition) is 2. The van der Waals surface area contributed by atoms with Crippen molar-refractivity contribution in [2.75, 3.05) is 5.73 Å². The molecular weight excluding hydrogens is 297 g/mol. The number of nitrogens with zero attached hydrogens (tertiary/aromatic N) is 2. The highest BCUT2D eigenvalue weighted by molar-refractivity contribution is 9.10. The lowest BCUT2D eigenvalue weighted by atomic mass is 10.1. The van der Waals surface area contributed by atoms with E-state index in [1.165, 1.54) is 6.07 Å². The van der Waals surface area contributed by atoms with Gasteiger partial charge >= 0.3 is 0 Å². The van der Waals surface area contributed by atoms with Gasteiger partial charge in [0.15, 0.2) is 0 Å². The van der Waals surface area contributed by atoms with E-state index in [0.717, 1.165) is 18.7 Å². The fourth-order valence-electron chi connectivity index (χ4n) is 1.86. The summed E-state index contributed by atoms with van der Waals surface area (Å²) in [7, 11) is 1.88. The Balaban J connectivity index is 2.50. The zero-order valence-corrected chi connectivity index (χ0v) is 12.0. The normalized spacial score (nSPS) is 10.9. The molecule has 2 aromatic rings. The number of benzene rings is 1. The summed E-state index contributed by atoms with van der Waals surface area (Å²) in [6, 6.07) is 4.92. The molecule has 0 aliphatic rings. The highest BCUT2D eigenvalue weighted by Gasteiger charge is 2.14. The fraction of sp³-hybridized carbons (Fsp3) is 0.308. The van der Waals surface area contributed by atoms with Crippen molar-refractivity contribution in [1.82, 2.24) is 9.55 Å². The highest BCUT2D eigenvalue weighted by Crippen LogP contribution is 2.28. The monoisotopic (exact) mass is 311 g/mol. The van der Waals surface area contributed by atoms with Gasteiger partial charge in [0.05, 0.1) is 4.47 Å². The van der Waals surface area contributed by atoms with Crippen molar-refractivity contribution in [1.29, 1.82) is 0 Å². The summed E-state index contributed by atoms with van der Waals surface area (Å²) < 4.78 is 15.8. The Bertz CT molecular complexity index is 578. The summed E-state index contributed by atoms with van der Waals surface area (Å²) in [5.74, 6) is 1.18. The second-order valence-electron chi connectivity index (χ2n) is 4.20. The second-order valence-corrected chi connectivity index (χ2v) is 5.05. The van der Waals surface area contributed by atoms with Gasteiger partial charge in [-0.1, -0.05) is 13.0 Å². The molecule has 0 aliphatic carbocycles.